The van der Waals surface area contributed by atoms with Crippen LogP contribution in [0.2, 0.25) is 0 Å². The van der Waals surface area contributed by atoms with Crippen molar-refractivity contribution >= 4 is 5.95 Å². The minimum atomic E-state index is 0.126. The van der Waals surface area contributed by atoms with E-state index in [1.807, 2.05) is 79.7 Å². The lowest BCUT2D eigenvalue weighted by Crippen LogP contribution is -1.95. The maximum atomic E-state index is 10.3. The number of benzene rings is 3. The molecule has 0 saturated carbocycles. The van der Waals surface area contributed by atoms with Crippen molar-refractivity contribution in [3.63, 3.8) is 0 Å². The summed E-state index contributed by atoms with van der Waals surface area (Å²) in [5.74, 6) is 1.03. The Kier molecular flexibility index (Phi) is 6.82. The zero-order valence-electron chi connectivity index (χ0n) is 17.8. The Morgan fingerprint density at radius 1 is 0.812 bits per heavy atom. The average molecular weight is 425 g/mol. The van der Waals surface area contributed by atoms with Gasteiger partial charge in [-0.05, 0) is 24.6 Å². The molecule has 0 radical (unpaired) electrons. The van der Waals surface area contributed by atoms with Gasteiger partial charge in [-0.2, -0.15) is 5.11 Å². The molecule has 160 valence electrons. The van der Waals surface area contributed by atoms with E-state index in [0.29, 0.717) is 17.9 Å². The van der Waals surface area contributed by atoms with Crippen LogP contribution in [0.4, 0.5) is 5.95 Å². The van der Waals surface area contributed by atoms with Crippen molar-refractivity contribution in [2.75, 3.05) is 6.61 Å². The van der Waals surface area contributed by atoms with E-state index in [2.05, 4.69) is 20.2 Å². The third-order valence-electron chi connectivity index (χ3n) is 4.78. The summed E-state index contributed by atoms with van der Waals surface area (Å²) in [7, 11) is 0. The molecule has 0 aliphatic carbocycles. The van der Waals surface area contributed by atoms with Crippen molar-refractivity contribution in [2.24, 2.45) is 10.2 Å². The van der Waals surface area contributed by atoms with E-state index >= 15 is 0 Å². The highest BCUT2D eigenvalue weighted by Crippen LogP contribution is 2.27. The van der Waals surface area contributed by atoms with Crippen molar-refractivity contribution in [1.82, 2.24) is 9.97 Å². The van der Waals surface area contributed by atoms with Gasteiger partial charge < -0.3 is 9.84 Å². The van der Waals surface area contributed by atoms with E-state index in [0.717, 1.165) is 28.9 Å². The molecule has 0 aliphatic rings. The second-order valence-electron chi connectivity index (χ2n) is 7.21. The predicted octanol–water partition coefficient (Wildman–Crippen LogP) is 6.59. The van der Waals surface area contributed by atoms with Crippen LogP contribution in [-0.4, -0.2) is 21.7 Å². The Bertz CT molecular complexity index is 1140. The standard InChI is InChI=1S/C26H24N4O2/c1-2-15-32-22-14-13-21(25(31)16-22)18-27-30-26-28-23(19-9-5-3-6-10-19)17-24(29-26)20-11-7-4-8-12-20/h3-14,16-17,31H,2,15,18H2,1H3. The lowest BCUT2D eigenvalue weighted by Gasteiger charge is -2.07. The van der Waals surface area contributed by atoms with Gasteiger partial charge in [-0.1, -0.05) is 67.6 Å². The first-order valence-electron chi connectivity index (χ1n) is 10.5. The highest BCUT2D eigenvalue weighted by Gasteiger charge is 2.09. The van der Waals surface area contributed by atoms with Crippen LogP contribution in [0, 0.1) is 0 Å². The Labute approximate surface area is 187 Å². The SMILES string of the molecule is CCCOc1ccc(CN=Nc2nc(-c3ccccc3)cc(-c3ccccc3)n2)c(O)c1. The number of nitrogens with zero attached hydrogens (tertiary/aromatic N) is 4. The van der Waals surface area contributed by atoms with Crippen LogP contribution in [0.15, 0.2) is 95.2 Å². The zero-order valence-corrected chi connectivity index (χ0v) is 17.8. The van der Waals surface area contributed by atoms with Crippen molar-refractivity contribution < 1.29 is 9.84 Å². The maximum Gasteiger partial charge on any atom is 0.269 e. The molecule has 0 atom stereocenters. The van der Waals surface area contributed by atoms with Gasteiger partial charge in [0.2, 0.25) is 0 Å². The van der Waals surface area contributed by atoms with E-state index in [-0.39, 0.29) is 18.2 Å². The largest absolute Gasteiger partial charge is 0.507 e. The molecule has 0 amide bonds. The van der Waals surface area contributed by atoms with Crippen LogP contribution in [0.3, 0.4) is 0 Å². The number of aromatic hydroxyl groups is 1. The molecule has 0 fully saturated rings. The van der Waals surface area contributed by atoms with Crippen LogP contribution in [0.25, 0.3) is 22.5 Å². The minimum absolute atomic E-state index is 0.126. The third-order valence-corrected chi connectivity index (χ3v) is 4.78. The molecule has 6 nitrogen and oxygen atoms in total. The van der Waals surface area contributed by atoms with Crippen molar-refractivity contribution in [3.05, 3.63) is 90.5 Å². The molecular formula is C26H24N4O2. The van der Waals surface area contributed by atoms with Crippen LogP contribution < -0.4 is 4.74 Å². The Morgan fingerprint density at radius 3 is 2.00 bits per heavy atom. The summed E-state index contributed by atoms with van der Waals surface area (Å²) >= 11 is 0. The Morgan fingerprint density at radius 2 is 1.44 bits per heavy atom. The molecule has 0 unspecified atom stereocenters. The summed E-state index contributed by atoms with van der Waals surface area (Å²) < 4.78 is 5.54. The third kappa shape index (κ3) is 5.35. The van der Waals surface area contributed by atoms with Gasteiger partial charge in [-0.15, -0.1) is 5.11 Å². The molecule has 4 aromatic rings. The summed E-state index contributed by atoms with van der Waals surface area (Å²) in [4.78, 5) is 9.15. The molecule has 6 heteroatoms. The first kappa shape index (κ1) is 21.2. The maximum absolute atomic E-state index is 10.3. The average Bonchev–Trinajstić information content (AvgIpc) is 2.85. The van der Waals surface area contributed by atoms with Crippen LogP contribution in [-0.2, 0) is 6.54 Å². The van der Waals surface area contributed by atoms with Crippen LogP contribution >= 0.6 is 0 Å². The second kappa shape index (κ2) is 10.3. The summed E-state index contributed by atoms with van der Waals surface area (Å²) in [5, 5.41) is 18.7. The molecule has 1 N–H and O–H groups in total. The first-order chi connectivity index (χ1) is 15.7. The number of aromatic nitrogens is 2. The highest BCUT2D eigenvalue weighted by molar-refractivity contribution is 5.68. The molecule has 3 aromatic carbocycles. The normalized spacial score (nSPS) is 11.0. The number of phenolic OH excluding ortho intramolecular Hbond substituents is 1. The van der Waals surface area contributed by atoms with Gasteiger partial charge in [0.1, 0.15) is 11.5 Å². The van der Waals surface area contributed by atoms with E-state index < -0.39 is 0 Å². The van der Waals surface area contributed by atoms with Crippen molar-refractivity contribution in [3.8, 4) is 34.0 Å². The smallest absolute Gasteiger partial charge is 0.269 e. The highest BCUT2D eigenvalue weighted by atomic mass is 16.5. The first-order valence-corrected chi connectivity index (χ1v) is 10.5. The molecule has 4 rings (SSSR count). The lowest BCUT2D eigenvalue weighted by molar-refractivity contribution is 0.315. The summed E-state index contributed by atoms with van der Waals surface area (Å²) in [6.07, 6.45) is 0.906. The molecule has 0 bridgehead atoms. The summed E-state index contributed by atoms with van der Waals surface area (Å²) in [6.45, 7) is 2.85. The van der Waals surface area contributed by atoms with Gasteiger partial charge in [0, 0.05) is 22.8 Å². The van der Waals surface area contributed by atoms with Gasteiger partial charge in [0.05, 0.1) is 24.5 Å². The number of phenols is 1. The predicted molar refractivity (Wildman–Crippen MR) is 125 cm³/mol. The molecule has 0 spiro atoms. The molecule has 32 heavy (non-hydrogen) atoms. The molecule has 0 saturated heterocycles. The van der Waals surface area contributed by atoms with E-state index in [1.165, 1.54) is 0 Å². The Balaban J connectivity index is 1.59. The lowest BCUT2D eigenvalue weighted by atomic mass is 10.1. The van der Waals surface area contributed by atoms with E-state index in [9.17, 15) is 5.11 Å². The fraction of sp³-hybridized carbons (Fsp3) is 0.154. The van der Waals surface area contributed by atoms with Gasteiger partial charge in [-0.25, -0.2) is 9.97 Å². The number of azo groups is 1. The van der Waals surface area contributed by atoms with Gasteiger partial charge in [0.25, 0.3) is 5.95 Å². The second-order valence-corrected chi connectivity index (χ2v) is 7.21. The van der Waals surface area contributed by atoms with Gasteiger partial charge in [0.15, 0.2) is 0 Å². The molecule has 1 aromatic heterocycles. The monoisotopic (exact) mass is 424 g/mol. The van der Waals surface area contributed by atoms with Crippen LogP contribution in [0.1, 0.15) is 18.9 Å². The zero-order chi connectivity index (χ0) is 22.2. The van der Waals surface area contributed by atoms with Gasteiger partial charge in [-0.3, -0.25) is 0 Å². The molecule has 0 aliphatic heterocycles. The number of rotatable bonds is 8. The Hall–Kier alpha value is -4.06. The fourth-order valence-corrected chi connectivity index (χ4v) is 3.15. The quantitative estimate of drug-likeness (QED) is 0.324. The molecule has 1 heterocycles. The minimum Gasteiger partial charge on any atom is -0.507 e. The molecular weight excluding hydrogens is 400 g/mol. The van der Waals surface area contributed by atoms with Crippen molar-refractivity contribution in [1.29, 1.82) is 0 Å². The fourth-order valence-electron chi connectivity index (χ4n) is 3.15. The van der Waals surface area contributed by atoms with Crippen molar-refractivity contribution in [2.45, 2.75) is 19.9 Å². The number of hydrogen-bond acceptors (Lipinski definition) is 6. The van der Waals surface area contributed by atoms with E-state index in [1.54, 1.807) is 12.1 Å². The van der Waals surface area contributed by atoms with Crippen LogP contribution in [0.5, 0.6) is 11.5 Å². The number of ether oxygens (including phenoxy) is 1. The summed E-state index contributed by atoms with van der Waals surface area (Å²) in [6, 6.07) is 27.0. The number of hydrogen-bond donors (Lipinski definition) is 1. The summed E-state index contributed by atoms with van der Waals surface area (Å²) in [5.41, 5.74) is 4.15. The van der Waals surface area contributed by atoms with Gasteiger partial charge >= 0.3 is 0 Å². The van der Waals surface area contributed by atoms with E-state index in [4.69, 9.17) is 4.74 Å². The topological polar surface area (TPSA) is 80.0 Å².